The van der Waals surface area contributed by atoms with Crippen LogP contribution in [0.1, 0.15) is 10.6 Å². The number of nitro groups is 1. The number of amides is 2. The van der Waals surface area contributed by atoms with E-state index in [4.69, 9.17) is 9.15 Å². The summed E-state index contributed by atoms with van der Waals surface area (Å²) in [7, 11) is 0. The summed E-state index contributed by atoms with van der Waals surface area (Å²) in [5, 5.41) is 19.5. The van der Waals surface area contributed by atoms with E-state index in [-0.39, 0.29) is 56.4 Å². The van der Waals surface area contributed by atoms with Gasteiger partial charge in [-0.1, -0.05) is 5.21 Å². The zero-order valence-corrected chi connectivity index (χ0v) is 19.1. The fourth-order valence-electron chi connectivity index (χ4n) is 4.18. The van der Waals surface area contributed by atoms with Gasteiger partial charge in [-0.2, -0.15) is 0 Å². The third-order valence-corrected chi connectivity index (χ3v) is 5.87. The van der Waals surface area contributed by atoms with Gasteiger partial charge in [-0.15, -0.1) is 5.10 Å². The van der Waals surface area contributed by atoms with E-state index in [1.807, 2.05) is 0 Å². The third-order valence-electron chi connectivity index (χ3n) is 5.87. The molecule has 0 saturated carbocycles. The zero-order chi connectivity index (χ0) is 26.1. The van der Waals surface area contributed by atoms with Gasteiger partial charge in [0.2, 0.25) is 5.76 Å². The Morgan fingerprint density at radius 2 is 2.00 bits per heavy atom. The first-order valence-electron chi connectivity index (χ1n) is 11.2. The van der Waals surface area contributed by atoms with E-state index in [1.54, 1.807) is 6.20 Å². The van der Waals surface area contributed by atoms with Crippen LogP contribution in [0.3, 0.4) is 0 Å². The lowest BCUT2D eigenvalue weighted by Crippen LogP contribution is -2.43. The first kappa shape index (κ1) is 24.1. The van der Waals surface area contributed by atoms with Crippen LogP contribution in [0, 0.1) is 21.7 Å². The molecule has 37 heavy (non-hydrogen) atoms. The molecule has 1 N–H and O–H groups in total. The van der Waals surface area contributed by atoms with Crippen LogP contribution in [0.25, 0.3) is 0 Å². The fourth-order valence-corrected chi connectivity index (χ4v) is 4.18. The number of hydrogen-bond donors (Lipinski definition) is 1. The Hall–Kier alpha value is -4.60. The molecule has 2 aliphatic rings. The van der Waals surface area contributed by atoms with Gasteiger partial charge in [0.1, 0.15) is 16.7 Å². The van der Waals surface area contributed by atoms with E-state index < -0.39 is 40.5 Å². The average molecular weight is 518 g/mol. The Morgan fingerprint density at radius 1 is 1.22 bits per heavy atom. The number of benzene rings is 1. The second-order valence-electron chi connectivity index (χ2n) is 8.25. The largest absolute Gasteiger partial charge is 0.442 e. The van der Waals surface area contributed by atoms with Gasteiger partial charge in [-0.05, 0) is 6.07 Å². The number of halogens is 2. The van der Waals surface area contributed by atoms with Crippen molar-refractivity contribution in [3.8, 4) is 0 Å². The molecule has 0 aliphatic carbocycles. The SMILES string of the molecule is O=C(c1ccc([N+](=O)[O-])o1)N1CCN(c2c(F)cc(N3C[C@H](Cn4ccnn4)OC3=O)cc2F)CCN1. The van der Waals surface area contributed by atoms with E-state index in [9.17, 15) is 19.7 Å². The minimum absolute atomic E-state index is 0.00834. The lowest BCUT2D eigenvalue weighted by Gasteiger charge is -2.25. The van der Waals surface area contributed by atoms with E-state index in [1.165, 1.54) is 26.9 Å². The molecule has 14 nitrogen and oxygen atoms in total. The molecule has 2 aromatic heterocycles. The van der Waals surface area contributed by atoms with Crippen molar-refractivity contribution in [2.45, 2.75) is 12.6 Å². The maximum atomic E-state index is 15.1. The number of nitrogens with zero attached hydrogens (tertiary/aromatic N) is 7. The molecule has 3 aromatic rings. The lowest BCUT2D eigenvalue weighted by atomic mass is 10.2. The van der Waals surface area contributed by atoms with E-state index >= 15 is 8.78 Å². The Morgan fingerprint density at radius 3 is 2.68 bits per heavy atom. The number of rotatable bonds is 6. The quantitative estimate of drug-likeness (QED) is 0.376. The van der Waals surface area contributed by atoms with E-state index in [0.717, 1.165) is 23.1 Å². The fraction of sp³-hybridized carbons (Fsp3) is 0.333. The van der Waals surface area contributed by atoms with Crippen molar-refractivity contribution in [1.82, 2.24) is 25.4 Å². The van der Waals surface area contributed by atoms with Crippen molar-refractivity contribution >= 4 is 29.3 Å². The Labute approximate surface area is 207 Å². The molecule has 1 atom stereocenters. The van der Waals surface area contributed by atoms with Crippen molar-refractivity contribution in [2.24, 2.45) is 0 Å². The number of carbonyl (C=O) groups excluding carboxylic acids is 2. The van der Waals surface area contributed by atoms with Gasteiger partial charge in [0.25, 0.3) is 0 Å². The molecule has 5 rings (SSSR count). The third kappa shape index (κ3) is 4.90. The highest BCUT2D eigenvalue weighted by Crippen LogP contribution is 2.31. The topological polar surface area (TPSA) is 152 Å². The summed E-state index contributed by atoms with van der Waals surface area (Å²) >= 11 is 0. The van der Waals surface area contributed by atoms with Crippen LogP contribution >= 0.6 is 0 Å². The summed E-state index contributed by atoms with van der Waals surface area (Å²) in [5.74, 6) is -3.24. The normalized spacial score (nSPS) is 18.2. The molecule has 0 unspecified atom stereocenters. The molecule has 0 bridgehead atoms. The molecule has 1 aromatic carbocycles. The Kier molecular flexibility index (Phi) is 6.39. The molecular formula is C21H20F2N8O6. The Balaban J connectivity index is 1.27. The number of hydrazine groups is 1. The maximum absolute atomic E-state index is 15.1. The Bertz CT molecular complexity index is 1310. The molecular weight excluding hydrogens is 498 g/mol. The monoisotopic (exact) mass is 518 g/mol. The van der Waals surface area contributed by atoms with Crippen molar-refractivity contribution in [2.75, 3.05) is 42.5 Å². The van der Waals surface area contributed by atoms with Gasteiger partial charge >= 0.3 is 17.9 Å². The molecule has 0 radical (unpaired) electrons. The number of nitrogens with one attached hydrogen (secondary N) is 1. The standard InChI is InChI=1S/C21H20F2N8O6/c22-15-9-13(29-12-14(36-21(29)33)11-28-6-3-24-26-28)10-16(23)19(15)27-5-4-25-30(8-7-27)20(32)17-1-2-18(37-17)31(34)35/h1-3,6,9-10,14,25H,4-5,7-8,11-12H2/t14-/m0/s1. The van der Waals surface area contributed by atoms with Crippen LogP contribution in [0.2, 0.25) is 0 Å². The van der Waals surface area contributed by atoms with E-state index in [2.05, 4.69) is 15.7 Å². The highest BCUT2D eigenvalue weighted by Gasteiger charge is 2.34. The first-order chi connectivity index (χ1) is 17.8. The molecule has 2 aliphatic heterocycles. The summed E-state index contributed by atoms with van der Waals surface area (Å²) in [6.07, 6.45) is 1.78. The smallest absolute Gasteiger partial charge is 0.433 e. The van der Waals surface area contributed by atoms with E-state index in [0.29, 0.717) is 0 Å². The predicted molar refractivity (Wildman–Crippen MR) is 121 cm³/mol. The number of carbonyl (C=O) groups is 2. The number of furan rings is 1. The van der Waals surface area contributed by atoms with Crippen molar-refractivity contribution in [1.29, 1.82) is 0 Å². The van der Waals surface area contributed by atoms with Gasteiger partial charge in [-0.25, -0.2) is 23.7 Å². The molecule has 2 fully saturated rings. The number of ether oxygens (including phenoxy) is 1. The number of aromatic nitrogens is 3. The molecule has 2 saturated heterocycles. The lowest BCUT2D eigenvalue weighted by molar-refractivity contribution is -0.402. The van der Waals surface area contributed by atoms with Gasteiger partial charge < -0.3 is 14.1 Å². The summed E-state index contributed by atoms with van der Waals surface area (Å²) in [5.41, 5.74) is 2.53. The average Bonchev–Trinajstić information content (AvgIpc) is 3.58. The zero-order valence-electron chi connectivity index (χ0n) is 19.1. The minimum atomic E-state index is -0.885. The molecule has 0 spiro atoms. The molecule has 16 heteroatoms. The molecule has 194 valence electrons. The van der Waals surface area contributed by atoms with Crippen LogP contribution < -0.4 is 15.2 Å². The van der Waals surface area contributed by atoms with Gasteiger partial charge in [0.15, 0.2) is 11.6 Å². The van der Waals surface area contributed by atoms with Gasteiger partial charge in [0.05, 0.1) is 37.6 Å². The first-order valence-corrected chi connectivity index (χ1v) is 11.2. The van der Waals surface area contributed by atoms with Crippen molar-refractivity contribution in [3.05, 3.63) is 64.2 Å². The van der Waals surface area contributed by atoms with Crippen molar-refractivity contribution in [3.63, 3.8) is 0 Å². The second-order valence-corrected chi connectivity index (χ2v) is 8.25. The van der Waals surface area contributed by atoms with Crippen molar-refractivity contribution < 1.29 is 32.4 Å². The van der Waals surface area contributed by atoms with Crippen LogP contribution in [-0.2, 0) is 11.3 Å². The second kappa shape index (κ2) is 9.81. The van der Waals surface area contributed by atoms with Crippen LogP contribution in [0.5, 0.6) is 0 Å². The summed E-state index contributed by atoms with van der Waals surface area (Å²) < 4.78 is 42.0. The van der Waals surface area contributed by atoms with Crippen LogP contribution in [0.4, 0.5) is 30.8 Å². The van der Waals surface area contributed by atoms with Gasteiger partial charge in [-0.3, -0.25) is 24.8 Å². The number of cyclic esters (lactones) is 1. The molecule has 2 amide bonds. The van der Waals surface area contributed by atoms with Crippen LogP contribution in [0.15, 0.2) is 41.1 Å². The highest BCUT2D eigenvalue weighted by atomic mass is 19.1. The summed E-state index contributed by atoms with van der Waals surface area (Å²) in [6, 6.07) is 4.36. The minimum Gasteiger partial charge on any atom is -0.442 e. The molecule has 4 heterocycles. The summed E-state index contributed by atoms with van der Waals surface area (Å²) in [4.78, 5) is 37.6. The van der Waals surface area contributed by atoms with Crippen LogP contribution in [-0.4, -0.2) is 75.8 Å². The number of anilines is 2. The van der Waals surface area contributed by atoms with Gasteiger partial charge in [0, 0.05) is 38.0 Å². The predicted octanol–water partition coefficient (Wildman–Crippen LogP) is 1.55. The highest BCUT2D eigenvalue weighted by molar-refractivity contribution is 5.91. The number of hydrogen-bond acceptors (Lipinski definition) is 10. The maximum Gasteiger partial charge on any atom is 0.433 e. The summed E-state index contributed by atoms with van der Waals surface area (Å²) in [6.45, 7) is 0.689.